The Labute approximate surface area is 196 Å². The molecule has 0 aliphatic carbocycles. The van der Waals surface area contributed by atoms with E-state index in [-0.39, 0.29) is 29.3 Å². The molecule has 4 aromatic rings. The number of hydrogen-bond donors (Lipinski definition) is 1. The van der Waals surface area contributed by atoms with Crippen molar-refractivity contribution < 1.29 is 13.2 Å². The lowest BCUT2D eigenvalue weighted by Gasteiger charge is -2.22. The van der Waals surface area contributed by atoms with E-state index in [1.54, 1.807) is 18.2 Å². The molecule has 0 aliphatic rings. The van der Waals surface area contributed by atoms with Crippen LogP contribution in [0.25, 0.3) is 10.9 Å². The number of Topliss-reactive ketones (excluding diaryl/α,β-unsaturated/α-hetero) is 1. The number of rotatable bonds is 8. The van der Waals surface area contributed by atoms with Crippen molar-refractivity contribution in [3.8, 4) is 0 Å². The zero-order valence-corrected chi connectivity index (χ0v) is 20.0. The first-order valence-electron chi connectivity index (χ1n) is 10.6. The van der Waals surface area contributed by atoms with E-state index in [2.05, 4.69) is 11.9 Å². The minimum atomic E-state index is -3.98. The van der Waals surface area contributed by atoms with Gasteiger partial charge in [0.25, 0.3) is 5.56 Å². The molecule has 0 spiro atoms. The fourth-order valence-corrected chi connectivity index (χ4v) is 5.90. The van der Waals surface area contributed by atoms with Crippen molar-refractivity contribution in [2.45, 2.75) is 38.3 Å². The minimum absolute atomic E-state index is 0.0252. The maximum absolute atomic E-state index is 13.6. The van der Waals surface area contributed by atoms with Crippen LogP contribution in [0.2, 0.25) is 0 Å². The van der Waals surface area contributed by atoms with Crippen molar-refractivity contribution in [1.82, 2.24) is 9.29 Å². The van der Waals surface area contributed by atoms with Gasteiger partial charge in [-0.15, -0.1) is 11.3 Å². The van der Waals surface area contributed by atoms with Crippen LogP contribution in [-0.2, 0) is 29.5 Å². The molecule has 8 heteroatoms. The van der Waals surface area contributed by atoms with Crippen LogP contribution >= 0.6 is 11.3 Å². The summed E-state index contributed by atoms with van der Waals surface area (Å²) in [5.41, 5.74) is 2.20. The molecule has 2 aromatic heterocycles. The van der Waals surface area contributed by atoms with Crippen molar-refractivity contribution in [3.05, 3.63) is 98.0 Å². The van der Waals surface area contributed by atoms with Crippen LogP contribution in [-0.4, -0.2) is 23.5 Å². The quantitative estimate of drug-likeness (QED) is 0.369. The lowest BCUT2D eigenvalue weighted by molar-refractivity contribution is 0.101. The summed E-state index contributed by atoms with van der Waals surface area (Å²) in [6.07, 6.45) is 0.857. The molecule has 0 unspecified atom stereocenters. The Kier molecular flexibility index (Phi) is 6.60. The molecule has 1 N–H and O–H groups in total. The number of aromatic amines is 1. The van der Waals surface area contributed by atoms with Gasteiger partial charge in [0.1, 0.15) is 0 Å². The molecule has 6 nitrogen and oxygen atoms in total. The van der Waals surface area contributed by atoms with Crippen LogP contribution in [0.1, 0.15) is 40.2 Å². The van der Waals surface area contributed by atoms with E-state index in [9.17, 15) is 18.0 Å². The first kappa shape index (κ1) is 23.1. The molecule has 4 rings (SSSR count). The largest absolute Gasteiger partial charge is 0.322 e. The second-order valence-corrected chi connectivity index (χ2v) is 10.8. The number of carbonyl (C=O) groups is 1. The Morgan fingerprint density at radius 1 is 1.03 bits per heavy atom. The second kappa shape index (κ2) is 9.43. The molecule has 0 fully saturated rings. The number of H-pyrrole nitrogens is 1. The minimum Gasteiger partial charge on any atom is -0.322 e. The number of thiophene rings is 1. The van der Waals surface area contributed by atoms with Gasteiger partial charge in [-0.05, 0) is 66.1 Å². The third kappa shape index (κ3) is 4.98. The lowest BCUT2D eigenvalue weighted by Crippen LogP contribution is -2.32. The zero-order valence-electron chi connectivity index (χ0n) is 18.4. The second-order valence-electron chi connectivity index (χ2n) is 7.84. The number of benzene rings is 2. The Hall–Kier alpha value is -3.07. The number of carbonyl (C=O) groups excluding carboxylic acids is 1. The highest BCUT2D eigenvalue weighted by Crippen LogP contribution is 2.24. The average molecular weight is 481 g/mol. The van der Waals surface area contributed by atoms with E-state index in [1.807, 2.05) is 35.7 Å². The monoisotopic (exact) mass is 480 g/mol. The van der Waals surface area contributed by atoms with Gasteiger partial charge in [0.05, 0.1) is 4.90 Å². The molecule has 0 atom stereocenters. The summed E-state index contributed by atoms with van der Waals surface area (Å²) in [6, 6.07) is 17.3. The number of pyridine rings is 1. The summed E-state index contributed by atoms with van der Waals surface area (Å²) < 4.78 is 28.5. The number of fused-ring (bicyclic) bond motifs is 1. The van der Waals surface area contributed by atoms with E-state index in [0.29, 0.717) is 16.6 Å². The van der Waals surface area contributed by atoms with Gasteiger partial charge < -0.3 is 4.98 Å². The standard InChI is InChI=1S/C25H24N2O4S2/c1-3-18-9-10-24-20(12-18)13-21(25(29)26-24)15-27(16-22-7-5-11-32-22)33(30,31)23-8-4-6-19(14-23)17(2)28/h4-14H,3,15-16H2,1-2H3,(H,26,29). The van der Waals surface area contributed by atoms with Crippen LogP contribution in [0.3, 0.4) is 0 Å². The fraction of sp³-hybridized carbons (Fsp3) is 0.200. The summed E-state index contributed by atoms with van der Waals surface area (Å²) in [5, 5.41) is 2.74. The molecule has 2 heterocycles. The third-order valence-corrected chi connectivity index (χ3v) is 8.18. The fourth-order valence-electron chi connectivity index (χ4n) is 3.66. The molecule has 0 amide bonds. The summed E-state index contributed by atoms with van der Waals surface area (Å²) >= 11 is 1.45. The van der Waals surface area contributed by atoms with Crippen molar-refractivity contribution in [3.63, 3.8) is 0 Å². The highest BCUT2D eigenvalue weighted by atomic mass is 32.2. The van der Waals surface area contributed by atoms with Gasteiger partial charge in [0, 0.05) is 34.6 Å². The van der Waals surface area contributed by atoms with Gasteiger partial charge in [0.15, 0.2) is 5.78 Å². The van der Waals surface area contributed by atoms with Crippen LogP contribution in [0.5, 0.6) is 0 Å². The van der Waals surface area contributed by atoms with Crippen LogP contribution in [0.4, 0.5) is 0 Å². The van der Waals surface area contributed by atoms with Crippen molar-refractivity contribution in [1.29, 1.82) is 0 Å². The smallest absolute Gasteiger partial charge is 0.252 e. The predicted octanol–water partition coefficient (Wildman–Crippen LogP) is 4.75. The average Bonchev–Trinajstić information content (AvgIpc) is 3.32. The Bertz CT molecular complexity index is 1470. The van der Waals surface area contributed by atoms with E-state index < -0.39 is 10.0 Å². The number of nitrogens with one attached hydrogen (secondary N) is 1. The van der Waals surface area contributed by atoms with Gasteiger partial charge >= 0.3 is 0 Å². The maximum Gasteiger partial charge on any atom is 0.252 e. The molecule has 0 aliphatic heterocycles. The van der Waals surface area contributed by atoms with E-state index in [1.165, 1.54) is 34.7 Å². The zero-order chi connectivity index (χ0) is 23.6. The summed E-state index contributed by atoms with van der Waals surface area (Å²) in [4.78, 5) is 28.4. The van der Waals surface area contributed by atoms with Crippen LogP contribution in [0.15, 0.2) is 75.7 Å². The molecule has 2 aromatic carbocycles. The van der Waals surface area contributed by atoms with E-state index >= 15 is 0 Å². The van der Waals surface area contributed by atoms with Gasteiger partial charge in [-0.25, -0.2) is 8.42 Å². The number of aryl methyl sites for hydroxylation is 1. The van der Waals surface area contributed by atoms with Gasteiger partial charge in [0.2, 0.25) is 10.0 Å². The molecule has 0 saturated carbocycles. The van der Waals surface area contributed by atoms with Crippen LogP contribution < -0.4 is 5.56 Å². The molecule has 0 radical (unpaired) electrons. The lowest BCUT2D eigenvalue weighted by atomic mass is 10.1. The highest BCUT2D eigenvalue weighted by molar-refractivity contribution is 7.89. The molecule has 170 valence electrons. The number of sulfonamides is 1. The normalized spacial score (nSPS) is 11.8. The number of aromatic nitrogens is 1. The topological polar surface area (TPSA) is 87.3 Å². The number of nitrogens with zero attached hydrogens (tertiary/aromatic N) is 1. The third-order valence-electron chi connectivity index (χ3n) is 5.53. The Morgan fingerprint density at radius 3 is 2.55 bits per heavy atom. The molecular formula is C25H24N2O4S2. The van der Waals surface area contributed by atoms with Crippen molar-refractivity contribution >= 4 is 38.0 Å². The summed E-state index contributed by atoms with van der Waals surface area (Å²) in [6.45, 7) is 3.48. The van der Waals surface area contributed by atoms with Gasteiger partial charge in [-0.2, -0.15) is 4.31 Å². The highest BCUT2D eigenvalue weighted by Gasteiger charge is 2.27. The molecule has 0 saturated heterocycles. The molecule has 0 bridgehead atoms. The Balaban J connectivity index is 1.78. The van der Waals surface area contributed by atoms with Crippen molar-refractivity contribution in [2.75, 3.05) is 0 Å². The first-order chi connectivity index (χ1) is 15.8. The predicted molar refractivity (Wildman–Crippen MR) is 131 cm³/mol. The Morgan fingerprint density at radius 2 is 1.85 bits per heavy atom. The molecule has 33 heavy (non-hydrogen) atoms. The summed E-state index contributed by atoms with van der Waals surface area (Å²) in [7, 11) is -3.98. The van der Waals surface area contributed by atoms with Crippen LogP contribution in [0, 0.1) is 0 Å². The maximum atomic E-state index is 13.6. The number of ketones is 1. The van der Waals surface area contributed by atoms with E-state index in [0.717, 1.165) is 22.2 Å². The SMILES string of the molecule is CCc1ccc2[nH]c(=O)c(CN(Cc3cccs3)S(=O)(=O)c3cccc(C(C)=O)c3)cc2c1. The summed E-state index contributed by atoms with van der Waals surface area (Å²) in [5.74, 6) is -0.213. The number of hydrogen-bond acceptors (Lipinski definition) is 5. The van der Waals surface area contributed by atoms with Gasteiger partial charge in [-0.1, -0.05) is 31.2 Å². The first-order valence-corrected chi connectivity index (χ1v) is 12.9. The van der Waals surface area contributed by atoms with Crippen molar-refractivity contribution in [2.24, 2.45) is 0 Å². The van der Waals surface area contributed by atoms with E-state index in [4.69, 9.17) is 0 Å². The van der Waals surface area contributed by atoms with Gasteiger partial charge in [-0.3, -0.25) is 9.59 Å². The molecular weight excluding hydrogens is 456 g/mol.